The lowest BCUT2D eigenvalue weighted by atomic mass is 10.1. The molecule has 7 nitrogen and oxygen atoms in total. The third-order valence-corrected chi connectivity index (χ3v) is 7.91. The van der Waals surface area contributed by atoms with Gasteiger partial charge >= 0.3 is 0 Å². The molecule has 2 aromatic heterocycles. The topological polar surface area (TPSA) is 59.0 Å². The molecule has 5 heterocycles. The Morgan fingerprint density at radius 3 is 2.35 bits per heavy atom. The van der Waals surface area contributed by atoms with E-state index in [9.17, 15) is 5.11 Å². The Labute approximate surface area is 208 Å². The molecule has 3 aliphatic heterocycles. The van der Waals surface area contributed by atoms with Gasteiger partial charge in [-0.05, 0) is 57.6 Å². The van der Waals surface area contributed by atoms with Gasteiger partial charge in [0.1, 0.15) is 17.5 Å². The highest BCUT2D eigenvalue weighted by Gasteiger charge is 2.29. The van der Waals surface area contributed by atoms with E-state index in [4.69, 9.17) is 16.6 Å². The molecule has 34 heavy (non-hydrogen) atoms. The summed E-state index contributed by atoms with van der Waals surface area (Å²) in [7, 11) is 0. The van der Waals surface area contributed by atoms with Gasteiger partial charge in [0.05, 0.1) is 11.6 Å². The molecule has 8 heteroatoms. The number of hydrogen-bond donors (Lipinski definition) is 1. The maximum absolute atomic E-state index is 9.37. The van der Waals surface area contributed by atoms with Crippen molar-refractivity contribution < 1.29 is 5.11 Å². The zero-order valence-electron chi connectivity index (χ0n) is 20.5. The molecule has 0 saturated carbocycles. The highest BCUT2D eigenvalue weighted by molar-refractivity contribution is 6.33. The first-order valence-corrected chi connectivity index (χ1v) is 13.2. The standard InChI is InChI=1S/C26H37ClN6O/c1-19-7-6-10-33(19)25-15-22(14-24(29-25)30-8-4-3-5-9-30)32-12-11-31(17-20(32)2)26-23(27)13-21(18-34)16-28-26/h13-16,19-20,34H,3-12,17-18H2,1-2H3. The Balaban J connectivity index is 1.40. The average Bonchev–Trinajstić information content (AvgIpc) is 3.30. The van der Waals surface area contributed by atoms with Crippen LogP contribution >= 0.6 is 11.6 Å². The van der Waals surface area contributed by atoms with Crippen LogP contribution in [-0.4, -0.2) is 66.4 Å². The van der Waals surface area contributed by atoms with E-state index in [2.05, 4.69) is 50.6 Å². The fourth-order valence-electron chi connectivity index (χ4n) is 5.68. The Morgan fingerprint density at radius 2 is 1.68 bits per heavy atom. The van der Waals surface area contributed by atoms with Gasteiger partial charge in [0.15, 0.2) is 0 Å². The highest BCUT2D eigenvalue weighted by atomic mass is 35.5. The first-order valence-electron chi connectivity index (χ1n) is 12.8. The van der Waals surface area contributed by atoms with Crippen LogP contribution in [0.15, 0.2) is 24.4 Å². The molecule has 1 N–H and O–H groups in total. The third kappa shape index (κ3) is 4.78. The largest absolute Gasteiger partial charge is 0.392 e. The number of piperazine rings is 1. The van der Waals surface area contributed by atoms with Gasteiger partial charge < -0.3 is 24.7 Å². The summed E-state index contributed by atoms with van der Waals surface area (Å²) in [5.74, 6) is 3.06. The summed E-state index contributed by atoms with van der Waals surface area (Å²) in [6.45, 7) is 10.5. The van der Waals surface area contributed by atoms with E-state index >= 15 is 0 Å². The maximum Gasteiger partial charge on any atom is 0.147 e. The van der Waals surface area contributed by atoms with Gasteiger partial charge in [0.25, 0.3) is 0 Å². The Kier molecular flexibility index (Phi) is 7.02. The number of aliphatic hydroxyl groups is 1. The summed E-state index contributed by atoms with van der Waals surface area (Å²) in [5, 5.41) is 9.97. The van der Waals surface area contributed by atoms with Crippen LogP contribution in [0.25, 0.3) is 0 Å². The number of halogens is 1. The molecular weight excluding hydrogens is 448 g/mol. The van der Waals surface area contributed by atoms with Gasteiger partial charge in [-0.3, -0.25) is 0 Å². The second-order valence-electron chi connectivity index (χ2n) is 10.1. The monoisotopic (exact) mass is 484 g/mol. The number of aliphatic hydroxyl groups excluding tert-OH is 1. The minimum atomic E-state index is -0.0451. The Bertz CT molecular complexity index is 997. The van der Waals surface area contributed by atoms with Gasteiger partial charge in [-0.1, -0.05) is 11.6 Å². The van der Waals surface area contributed by atoms with Crippen molar-refractivity contribution >= 4 is 34.7 Å². The highest BCUT2D eigenvalue weighted by Crippen LogP contribution is 2.34. The van der Waals surface area contributed by atoms with E-state index in [1.54, 1.807) is 6.20 Å². The van der Waals surface area contributed by atoms with Crippen molar-refractivity contribution in [3.05, 3.63) is 35.0 Å². The van der Waals surface area contributed by atoms with Gasteiger partial charge in [-0.2, -0.15) is 0 Å². The lowest BCUT2D eigenvalue weighted by Gasteiger charge is -2.42. The smallest absolute Gasteiger partial charge is 0.147 e. The second-order valence-corrected chi connectivity index (χ2v) is 10.5. The van der Waals surface area contributed by atoms with Crippen LogP contribution in [-0.2, 0) is 6.61 Å². The number of aromatic nitrogens is 2. The number of hydrogen-bond acceptors (Lipinski definition) is 7. The number of anilines is 4. The zero-order valence-corrected chi connectivity index (χ0v) is 21.2. The van der Waals surface area contributed by atoms with E-state index in [-0.39, 0.29) is 6.61 Å². The van der Waals surface area contributed by atoms with Crippen molar-refractivity contribution in [1.29, 1.82) is 0 Å². The average molecular weight is 485 g/mol. The van der Waals surface area contributed by atoms with Gasteiger partial charge in [0.2, 0.25) is 0 Å². The Morgan fingerprint density at radius 1 is 0.882 bits per heavy atom. The van der Waals surface area contributed by atoms with E-state index in [1.165, 1.54) is 37.8 Å². The van der Waals surface area contributed by atoms with Crippen LogP contribution in [0.3, 0.4) is 0 Å². The molecule has 184 valence electrons. The molecule has 3 aliphatic rings. The predicted molar refractivity (Wildman–Crippen MR) is 141 cm³/mol. The van der Waals surface area contributed by atoms with Crippen LogP contribution in [0.5, 0.6) is 0 Å². The molecule has 5 rings (SSSR count). The molecule has 0 aromatic carbocycles. The second kappa shape index (κ2) is 10.2. The Hall–Kier alpha value is -2.25. The minimum absolute atomic E-state index is 0.0451. The molecule has 0 aliphatic carbocycles. The molecule has 3 fully saturated rings. The fourth-order valence-corrected chi connectivity index (χ4v) is 5.99. The summed E-state index contributed by atoms with van der Waals surface area (Å²) in [5.41, 5.74) is 2.01. The van der Waals surface area contributed by atoms with Crippen LogP contribution in [0.2, 0.25) is 5.02 Å². The van der Waals surface area contributed by atoms with Crippen molar-refractivity contribution in [3.63, 3.8) is 0 Å². The van der Waals surface area contributed by atoms with Crippen molar-refractivity contribution in [2.45, 2.75) is 64.6 Å². The summed E-state index contributed by atoms with van der Waals surface area (Å²) in [6, 6.07) is 7.29. The quantitative estimate of drug-likeness (QED) is 0.678. The number of piperidine rings is 1. The van der Waals surface area contributed by atoms with Crippen LogP contribution in [0.4, 0.5) is 23.1 Å². The predicted octanol–water partition coefficient (Wildman–Crippen LogP) is 4.32. The molecule has 0 spiro atoms. The molecule has 0 bridgehead atoms. The van der Waals surface area contributed by atoms with Gasteiger partial charge in [0, 0.05) is 75.4 Å². The number of nitrogens with zero attached hydrogens (tertiary/aromatic N) is 6. The lowest BCUT2D eigenvalue weighted by molar-refractivity contribution is 0.281. The molecule has 2 unspecified atom stereocenters. The minimum Gasteiger partial charge on any atom is -0.392 e. The number of pyridine rings is 2. The van der Waals surface area contributed by atoms with Gasteiger partial charge in [-0.25, -0.2) is 9.97 Å². The van der Waals surface area contributed by atoms with Crippen molar-refractivity contribution in [3.8, 4) is 0 Å². The molecule has 3 saturated heterocycles. The molecule has 0 radical (unpaired) electrons. The zero-order chi connectivity index (χ0) is 23.7. The van der Waals surface area contributed by atoms with E-state index in [0.29, 0.717) is 17.1 Å². The fraction of sp³-hybridized carbons (Fsp3) is 0.615. The first-order chi connectivity index (χ1) is 16.5. The van der Waals surface area contributed by atoms with Crippen molar-refractivity contribution in [2.24, 2.45) is 0 Å². The maximum atomic E-state index is 9.37. The van der Waals surface area contributed by atoms with Crippen LogP contribution < -0.4 is 19.6 Å². The summed E-state index contributed by atoms with van der Waals surface area (Å²) >= 11 is 6.51. The van der Waals surface area contributed by atoms with E-state index in [1.807, 2.05) is 6.07 Å². The van der Waals surface area contributed by atoms with E-state index in [0.717, 1.165) is 62.3 Å². The first kappa shape index (κ1) is 23.5. The normalized spacial score (nSPS) is 23.6. The molecule has 2 atom stereocenters. The van der Waals surface area contributed by atoms with E-state index < -0.39 is 0 Å². The molecular formula is C26H37ClN6O. The lowest BCUT2D eigenvalue weighted by Crippen LogP contribution is -2.52. The summed E-state index contributed by atoms with van der Waals surface area (Å²) in [6.07, 6.45) is 8.02. The molecule has 2 aromatic rings. The molecule has 0 amide bonds. The van der Waals surface area contributed by atoms with Crippen LogP contribution in [0, 0.1) is 0 Å². The summed E-state index contributed by atoms with van der Waals surface area (Å²) in [4.78, 5) is 19.5. The SMILES string of the molecule is CC1CN(c2ncc(CO)cc2Cl)CCN1c1cc(N2CCCCC2)nc(N2CCCC2C)c1. The van der Waals surface area contributed by atoms with Gasteiger partial charge in [-0.15, -0.1) is 0 Å². The third-order valence-electron chi connectivity index (χ3n) is 7.63. The van der Waals surface area contributed by atoms with Crippen LogP contribution in [0.1, 0.15) is 51.5 Å². The number of rotatable bonds is 5. The van der Waals surface area contributed by atoms with Crippen molar-refractivity contribution in [1.82, 2.24) is 9.97 Å². The summed E-state index contributed by atoms with van der Waals surface area (Å²) < 4.78 is 0. The van der Waals surface area contributed by atoms with Crippen molar-refractivity contribution in [2.75, 3.05) is 58.9 Å².